The lowest BCUT2D eigenvalue weighted by molar-refractivity contribution is 0.0701. The standard InChI is InChI=1S/C12H18N2O4S2/c1-8-3-5-14(6-4-8)20(17,18)13-10-7-9(2)11(19-10)12(15)16/h7-8,13H,3-6H2,1-2H3,(H,15,16). The van der Waals surface area contributed by atoms with Crippen molar-refractivity contribution in [3.05, 3.63) is 16.5 Å². The van der Waals surface area contributed by atoms with Gasteiger partial charge in [-0.2, -0.15) is 12.7 Å². The number of carboxylic acids is 1. The number of nitrogens with one attached hydrogen (secondary N) is 1. The highest BCUT2D eigenvalue weighted by molar-refractivity contribution is 7.90. The minimum absolute atomic E-state index is 0.162. The molecule has 1 aliphatic rings. The summed E-state index contributed by atoms with van der Waals surface area (Å²) in [6.45, 7) is 4.78. The van der Waals surface area contributed by atoms with Crippen molar-refractivity contribution in [3.63, 3.8) is 0 Å². The van der Waals surface area contributed by atoms with Crippen LogP contribution in [0.3, 0.4) is 0 Å². The summed E-state index contributed by atoms with van der Waals surface area (Å²) in [7, 11) is -3.59. The normalized spacial score (nSPS) is 18.1. The number of hydrogen-bond acceptors (Lipinski definition) is 4. The Bertz CT molecular complexity index is 601. The van der Waals surface area contributed by atoms with Gasteiger partial charge in [-0.15, -0.1) is 11.3 Å². The second-order valence-electron chi connectivity index (χ2n) is 5.12. The van der Waals surface area contributed by atoms with E-state index in [1.807, 2.05) is 0 Å². The van der Waals surface area contributed by atoms with Gasteiger partial charge >= 0.3 is 16.2 Å². The molecule has 0 bridgehead atoms. The Balaban J connectivity index is 2.12. The van der Waals surface area contributed by atoms with Crippen LogP contribution in [0.25, 0.3) is 0 Å². The van der Waals surface area contributed by atoms with Crippen LogP contribution in [0.5, 0.6) is 0 Å². The third kappa shape index (κ3) is 3.31. The molecular weight excluding hydrogens is 300 g/mol. The molecule has 1 aromatic heterocycles. The van der Waals surface area contributed by atoms with Crippen molar-refractivity contribution < 1.29 is 18.3 Å². The van der Waals surface area contributed by atoms with Crippen molar-refractivity contribution in [2.24, 2.45) is 5.92 Å². The molecule has 1 fully saturated rings. The molecule has 2 N–H and O–H groups in total. The maximum atomic E-state index is 12.2. The van der Waals surface area contributed by atoms with Gasteiger partial charge in [-0.05, 0) is 37.3 Å². The van der Waals surface area contributed by atoms with Crippen LogP contribution in [0.4, 0.5) is 5.00 Å². The molecule has 0 atom stereocenters. The van der Waals surface area contributed by atoms with Crippen LogP contribution in [0.15, 0.2) is 6.07 Å². The largest absolute Gasteiger partial charge is 0.477 e. The molecule has 0 saturated carbocycles. The van der Waals surface area contributed by atoms with Crippen molar-refractivity contribution in [1.82, 2.24) is 4.31 Å². The molecule has 1 saturated heterocycles. The zero-order valence-electron chi connectivity index (χ0n) is 11.4. The predicted molar refractivity (Wildman–Crippen MR) is 78.5 cm³/mol. The van der Waals surface area contributed by atoms with Crippen molar-refractivity contribution >= 4 is 32.5 Å². The van der Waals surface area contributed by atoms with Gasteiger partial charge in [-0.1, -0.05) is 6.92 Å². The Morgan fingerprint density at radius 2 is 2.05 bits per heavy atom. The van der Waals surface area contributed by atoms with Crippen molar-refractivity contribution in [1.29, 1.82) is 0 Å². The van der Waals surface area contributed by atoms with E-state index in [1.165, 1.54) is 4.31 Å². The minimum Gasteiger partial charge on any atom is -0.477 e. The van der Waals surface area contributed by atoms with Crippen LogP contribution in [-0.4, -0.2) is 36.9 Å². The van der Waals surface area contributed by atoms with Crippen molar-refractivity contribution in [3.8, 4) is 0 Å². The molecule has 0 spiro atoms. The van der Waals surface area contributed by atoms with Crippen LogP contribution in [0.1, 0.15) is 35.0 Å². The Kier molecular flexibility index (Phi) is 4.36. The summed E-state index contributed by atoms with van der Waals surface area (Å²) in [6.07, 6.45) is 1.70. The summed E-state index contributed by atoms with van der Waals surface area (Å²) in [5, 5.41) is 9.32. The predicted octanol–water partition coefficient (Wildman–Crippen LogP) is 2.14. The number of aromatic carboxylic acids is 1. The van der Waals surface area contributed by atoms with E-state index in [4.69, 9.17) is 5.11 Å². The van der Waals surface area contributed by atoms with E-state index < -0.39 is 16.2 Å². The Labute approximate surface area is 122 Å². The first kappa shape index (κ1) is 15.3. The first-order valence-corrected chi connectivity index (χ1v) is 8.67. The number of nitrogens with zero attached hydrogens (tertiary/aromatic N) is 1. The Morgan fingerprint density at radius 1 is 1.45 bits per heavy atom. The number of carboxylic acid groups (broad SMARTS) is 1. The number of carbonyl (C=O) groups is 1. The zero-order chi connectivity index (χ0) is 14.9. The van der Waals surface area contributed by atoms with E-state index in [-0.39, 0.29) is 4.88 Å². The van der Waals surface area contributed by atoms with Crippen LogP contribution < -0.4 is 4.72 Å². The van der Waals surface area contributed by atoms with E-state index in [1.54, 1.807) is 13.0 Å². The van der Waals surface area contributed by atoms with Gasteiger partial charge in [-0.25, -0.2) is 4.79 Å². The third-order valence-electron chi connectivity index (χ3n) is 3.42. The quantitative estimate of drug-likeness (QED) is 0.890. The molecule has 112 valence electrons. The van der Waals surface area contributed by atoms with Gasteiger partial charge in [0.25, 0.3) is 0 Å². The number of anilines is 1. The number of thiophene rings is 1. The first-order valence-electron chi connectivity index (χ1n) is 6.41. The number of aryl methyl sites for hydroxylation is 1. The lowest BCUT2D eigenvalue weighted by atomic mass is 10.0. The third-order valence-corrected chi connectivity index (χ3v) is 6.22. The van der Waals surface area contributed by atoms with Crippen LogP contribution in [0.2, 0.25) is 0 Å². The van der Waals surface area contributed by atoms with E-state index in [9.17, 15) is 13.2 Å². The molecule has 0 radical (unpaired) electrons. The molecule has 1 aromatic rings. The average Bonchev–Trinajstić information content (AvgIpc) is 2.70. The summed E-state index contributed by atoms with van der Waals surface area (Å²) in [6, 6.07) is 1.55. The van der Waals surface area contributed by atoms with Crippen LogP contribution in [0, 0.1) is 12.8 Å². The second kappa shape index (κ2) is 5.71. The number of rotatable bonds is 4. The molecule has 2 rings (SSSR count). The van der Waals surface area contributed by atoms with Crippen LogP contribution >= 0.6 is 11.3 Å². The minimum atomic E-state index is -3.59. The molecule has 2 heterocycles. The highest BCUT2D eigenvalue weighted by atomic mass is 32.2. The maximum absolute atomic E-state index is 12.2. The first-order chi connectivity index (χ1) is 9.29. The molecular formula is C12H18N2O4S2. The lowest BCUT2D eigenvalue weighted by Crippen LogP contribution is -2.41. The van der Waals surface area contributed by atoms with Gasteiger partial charge in [-0.3, -0.25) is 4.72 Å². The van der Waals surface area contributed by atoms with Gasteiger partial charge in [0, 0.05) is 13.1 Å². The van der Waals surface area contributed by atoms with E-state index in [0.717, 1.165) is 24.2 Å². The fraction of sp³-hybridized carbons (Fsp3) is 0.583. The maximum Gasteiger partial charge on any atom is 0.346 e. The van der Waals surface area contributed by atoms with Crippen LogP contribution in [-0.2, 0) is 10.2 Å². The summed E-state index contributed by atoms with van der Waals surface area (Å²) in [5.41, 5.74) is 0.562. The molecule has 0 aliphatic carbocycles. The van der Waals surface area contributed by atoms with Crippen molar-refractivity contribution in [2.45, 2.75) is 26.7 Å². The summed E-state index contributed by atoms with van der Waals surface area (Å²) in [5.74, 6) is -0.492. The topological polar surface area (TPSA) is 86.7 Å². The van der Waals surface area contributed by atoms with E-state index >= 15 is 0 Å². The van der Waals surface area contributed by atoms with E-state index in [2.05, 4.69) is 11.6 Å². The highest BCUT2D eigenvalue weighted by Crippen LogP contribution is 2.28. The van der Waals surface area contributed by atoms with Gasteiger partial charge in [0.05, 0.1) is 0 Å². The fourth-order valence-electron chi connectivity index (χ4n) is 2.16. The number of piperidine rings is 1. The highest BCUT2D eigenvalue weighted by Gasteiger charge is 2.27. The summed E-state index contributed by atoms with van der Waals surface area (Å²) >= 11 is 0.943. The smallest absolute Gasteiger partial charge is 0.346 e. The molecule has 6 nitrogen and oxygen atoms in total. The van der Waals surface area contributed by atoms with Gasteiger partial charge in [0.1, 0.15) is 9.88 Å². The molecule has 20 heavy (non-hydrogen) atoms. The molecule has 0 amide bonds. The monoisotopic (exact) mass is 318 g/mol. The fourth-order valence-corrected chi connectivity index (χ4v) is 4.54. The Hall–Kier alpha value is -1.12. The second-order valence-corrected chi connectivity index (χ2v) is 7.84. The van der Waals surface area contributed by atoms with Gasteiger partial charge in [0.15, 0.2) is 0 Å². The van der Waals surface area contributed by atoms with Crippen molar-refractivity contribution in [2.75, 3.05) is 17.8 Å². The van der Waals surface area contributed by atoms with Gasteiger partial charge < -0.3 is 5.11 Å². The average molecular weight is 318 g/mol. The molecule has 0 aromatic carbocycles. The molecule has 8 heteroatoms. The molecule has 1 aliphatic heterocycles. The summed E-state index contributed by atoms with van der Waals surface area (Å²) < 4.78 is 28.3. The SMILES string of the molecule is Cc1cc(NS(=O)(=O)N2CCC(C)CC2)sc1C(=O)O. The zero-order valence-corrected chi connectivity index (χ0v) is 13.1. The molecule has 0 unspecified atom stereocenters. The Morgan fingerprint density at radius 3 is 2.55 bits per heavy atom. The summed E-state index contributed by atoms with van der Waals surface area (Å²) in [4.78, 5) is 11.1. The number of hydrogen-bond donors (Lipinski definition) is 2. The van der Waals surface area contributed by atoms with Gasteiger partial charge in [0.2, 0.25) is 0 Å². The lowest BCUT2D eigenvalue weighted by Gasteiger charge is -2.29. The van der Waals surface area contributed by atoms with E-state index in [0.29, 0.717) is 29.6 Å².